The number of amides is 2. The van der Waals surface area contributed by atoms with Crippen molar-refractivity contribution in [3.8, 4) is 0 Å². The van der Waals surface area contributed by atoms with E-state index in [-0.39, 0.29) is 24.0 Å². The van der Waals surface area contributed by atoms with E-state index < -0.39 is 11.7 Å². The molecule has 7 nitrogen and oxygen atoms in total. The van der Waals surface area contributed by atoms with Gasteiger partial charge in [0.2, 0.25) is 5.78 Å². The van der Waals surface area contributed by atoms with Crippen molar-refractivity contribution < 1.29 is 23.5 Å². The van der Waals surface area contributed by atoms with Crippen molar-refractivity contribution in [2.75, 3.05) is 34.3 Å². The number of fused-ring (bicyclic) bond motifs is 1. The second-order valence-electron chi connectivity index (χ2n) is 9.63. The summed E-state index contributed by atoms with van der Waals surface area (Å²) in [6, 6.07) is 11.6. The Labute approximate surface area is 210 Å². The molecule has 0 saturated carbocycles. The number of carbonyl (C=O) groups is 3. The highest BCUT2D eigenvalue weighted by Crippen LogP contribution is 2.31. The molecule has 2 amide bonds. The number of nitrogens with zero attached hydrogens (tertiary/aromatic N) is 3. The van der Waals surface area contributed by atoms with Gasteiger partial charge in [-0.25, -0.2) is 4.39 Å². The molecule has 1 aliphatic rings. The molecule has 3 aromatic rings. The second-order valence-corrected chi connectivity index (χ2v) is 9.63. The van der Waals surface area contributed by atoms with Gasteiger partial charge in [-0.15, -0.1) is 0 Å². The molecule has 36 heavy (non-hydrogen) atoms. The first-order valence-corrected chi connectivity index (χ1v) is 12.1. The molecule has 0 atom stereocenters. The van der Waals surface area contributed by atoms with Gasteiger partial charge in [0, 0.05) is 50.9 Å². The van der Waals surface area contributed by atoms with Crippen LogP contribution < -0.4 is 0 Å². The van der Waals surface area contributed by atoms with Crippen LogP contribution in [0.2, 0.25) is 0 Å². The third-order valence-electron chi connectivity index (χ3n) is 7.00. The van der Waals surface area contributed by atoms with E-state index in [1.54, 1.807) is 25.3 Å². The first kappa shape index (κ1) is 25.6. The van der Waals surface area contributed by atoms with Crippen LogP contribution in [-0.2, 0) is 22.7 Å². The van der Waals surface area contributed by atoms with Gasteiger partial charge in [0.1, 0.15) is 12.5 Å². The monoisotopic (exact) mass is 493 g/mol. The third-order valence-corrected chi connectivity index (χ3v) is 7.00. The van der Waals surface area contributed by atoms with Gasteiger partial charge in [-0.2, -0.15) is 0 Å². The molecule has 8 heteroatoms. The van der Waals surface area contributed by atoms with Crippen molar-refractivity contribution in [3.63, 3.8) is 0 Å². The van der Waals surface area contributed by atoms with Gasteiger partial charge in [-0.3, -0.25) is 14.4 Å². The Bertz CT molecular complexity index is 1290. The molecule has 0 aliphatic carbocycles. The Morgan fingerprint density at radius 1 is 1.06 bits per heavy atom. The van der Waals surface area contributed by atoms with Crippen molar-refractivity contribution >= 4 is 28.5 Å². The number of halogens is 1. The lowest BCUT2D eigenvalue weighted by molar-refractivity contribution is -0.124. The number of rotatable bonds is 7. The van der Waals surface area contributed by atoms with Crippen LogP contribution in [0.15, 0.2) is 42.5 Å². The number of likely N-dealkylation sites (N-methyl/N-ethyl adjacent to an activating group) is 1. The maximum atomic E-state index is 13.7. The summed E-state index contributed by atoms with van der Waals surface area (Å²) in [6.07, 6.45) is 2.58. The number of Topliss-reactive ketones (excluding diaryl/α,β-unsaturated/α-hetero) is 1. The number of hydrogen-bond acceptors (Lipinski definition) is 4. The normalized spacial score (nSPS) is 14.3. The molecule has 4 rings (SSSR count). The van der Waals surface area contributed by atoms with Crippen molar-refractivity contribution in [2.24, 2.45) is 5.92 Å². The Kier molecular flexibility index (Phi) is 7.54. The van der Waals surface area contributed by atoms with Crippen LogP contribution in [0.3, 0.4) is 0 Å². The van der Waals surface area contributed by atoms with E-state index in [9.17, 15) is 18.8 Å². The predicted molar refractivity (Wildman–Crippen MR) is 135 cm³/mol. The van der Waals surface area contributed by atoms with E-state index in [1.807, 2.05) is 28.5 Å². The number of piperidine rings is 1. The quantitative estimate of drug-likeness (QED) is 0.368. The second kappa shape index (κ2) is 10.6. The molecule has 0 radical (unpaired) electrons. The molecule has 2 aromatic carbocycles. The standard InChI is InChI=1S/C28H32FN3O4/c1-18-25(27(34)31-13-11-20(12-14-31)15-19-5-8-22(29)9-6-19)23-16-21(26(33)28(35)30(2)3)7-10-24(23)32(18)17-36-4/h5-10,16,20H,11-15,17H2,1-4H3. The SMILES string of the molecule is COCn1c(C)c(C(=O)N2CCC(Cc3ccc(F)cc3)CC2)c2cc(C(=O)C(=O)N(C)C)ccc21. The van der Waals surface area contributed by atoms with E-state index in [1.165, 1.54) is 31.1 Å². The zero-order chi connectivity index (χ0) is 26.0. The summed E-state index contributed by atoms with van der Waals surface area (Å²) in [4.78, 5) is 41.8. The number of benzene rings is 2. The van der Waals surface area contributed by atoms with Crippen LogP contribution in [0.5, 0.6) is 0 Å². The van der Waals surface area contributed by atoms with Crippen molar-refractivity contribution in [2.45, 2.75) is 32.9 Å². The molecule has 1 saturated heterocycles. The number of likely N-dealkylation sites (tertiary alicyclic amines) is 1. The molecule has 190 valence electrons. The van der Waals surface area contributed by atoms with E-state index in [4.69, 9.17) is 4.74 Å². The minimum absolute atomic E-state index is 0.0869. The number of hydrogen-bond donors (Lipinski definition) is 0. The van der Waals surface area contributed by atoms with Crippen LogP contribution in [0, 0.1) is 18.7 Å². The smallest absolute Gasteiger partial charge is 0.294 e. The summed E-state index contributed by atoms with van der Waals surface area (Å²) in [5.74, 6) is -1.12. The molecule has 0 bridgehead atoms. The number of aromatic nitrogens is 1. The Balaban J connectivity index is 1.59. The lowest BCUT2D eigenvalue weighted by Gasteiger charge is -2.32. The molecular formula is C28H32FN3O4. The fraction of sp³-hybridized carbons (Fsp3) is 0.393. The van der Waals surface area contributed by atoms with E-state index in [0.29, 0.717) is 30.0 Å². The molecule has 1 aliphatic heterocycles. The maximum Gasteiger partial charge on any atom is 0.294 e. The molecule has 0 unspecified atom stereocenters. The molecule has 1 aromatic heterocycles. The summed E-state index contributed by atoms with van der Waals surface area (Å²) in [7, 11) is 4.66. The summed E-state index contributed by atoms with van der Waals surface area (Å²) in [6.45, 7) is 3.39. The van der Waals surface area contributed by atoms with Gasteiger partial charge in [0.15, 0.2) is 0 Å². The van der Waals surface area contributed by atoms with Crippen LogP contribution in [0.4, 0.5) is 4.39 Å². The average Bonchev–Trinajstić information content (AvgIpc) is 3.15. The van der Waals surface area contributed by atoms with Gasteiger partial charge in [-0.1, -0.05) is 12.1 Å². The summed E-state index contributed by atoms with van der Waals surface area (Å²) < 4.78 is 20.5. The molecular weight excluding hydrogens is 461 g/mol. The third kappa shape index (κ3) is 5.04. The largest absolute Gasteiger partial charge is 0.364 e. The van der Waals surface area contributed by atoms with Crippen molar-refractivity contribution in [1.82, 2.24) is 14.4 Å². The molecule has 0 spiro atoms. The van der Waals surface area contributed by atoms with E-state index in [2.05, 4.69) is 0 Å². The first-order chi connectivity index (χ1) is 17.2. The van der Waals surface area contributed by atoms with Crippen LogP contribution in [0.1, 0.15) is 44.8 Å². The lowest BCUT2D eigenvalue weighted by atomic mass is 9.90. The summed E-state index contributed by atoms with van der Waals surface area (Å²) >= 11 is 0. The van der Waals surface area contributed by atoms with Gasteiger partial charge >= 0.3 is 0 Å². The number of ether oxygens (including phenoxy) is 1. The first-order valence-electron chi connectivity index (χ1n) is 12.1. The van der Waals surface area contributed by atoms with Crippen molar-refractivity contribution in [1.29, 1.82) is 0 Å². The molecule has 0 N–H and O–H groups in total. The molecule has 1 fully saturated rings. The van der Waals surface area contributed by atoms with Gasteiger partial charge < -0.3 is 19.1 Å². The summed E-state index contributed by atoms with van der Waals surface area (Å²) in [5, 5.41) is 0.639. The highest BCUT2D eigenvalue weighted by molar-refractivity contribution is 6.43. The Hall–Kier alpha value is -3.52. The number of carbonyl (C=O) groups excluding carboxylic acids is 3. The fourth-order valence-electron chi connectivity index (χ4n) is 4.97. The lowest BCUT2D eigenvalue weighted by Crippen LogP contribution is -2.39. The van der Waals surface area contributed by atoms with Gasteiger partial charge in [-0.05, 0) is 68.0 Å². The summed E-state index contributed by atoms with van der Waals surface area (Å²) in [5.41, 5.74) is 3.42. The van der Waals surface area contributed by atoms with Gasteiger partial charge in [0.25, 0.3) is 11.8 Å². The van der Waals surface area contributed by atoms with E-state index in [0.717, 1.165) is 36.0 Å². The van der Waals surface area contributed by atoms with E-state index >= 15 is 0 Å². The van der Waals surface area contributed by atoms with Crippen LogP contribution in [0.25, 0.3) is 10.9 Å². The highest BCUT2D eigenvalue weighted by atomic mass is 19.1. The maximum absolute atomic E-state index is 13.7. The fourth-order valence-corrected chi connectivity index (χ4v) is 4.97. The van der Waals surface area contributed by atoms with Crippen LogP contribution in [-0.4, -0.2) is 66.3 Å². The minimum atomic E-state index is -0.613. The molecule has 2 heterocycles. The zero-order valence-electron chi connectivity index (χ0n) is 21.2. The predicted octanol–water partition coefficient (Wildman–Crippen LogP) is 4.06. The topological polar surface area (TPSA) is 71.8 Å². The minimum Gasteiger partial charge on any atom is -0.364 e. The highest BCUT2D eigenvalue weighted by Gasteiger charge is 2.29. The van der Waals surface area contributed by atoms with Gasteiger partial charge in [0.05, 0.1) is 11.1 Å². The average molecular weight is 494 g/mol. The number of methoxy groups -OCH3 is 1. The number of ketones is 1. The Morgan fingerprint density at radius 3 is 2.33 bits per heavy atom. The Morgan fingerprint density at radius 2 is 1.72 bits per heavy atom. The zero-order valence-corrected chi connectivity index (χ0v) is 21.2. The van der Waals surface area contributed by atoms with Crippen molar-refractivity contribution in [3.05, 3.63) is 70.7 Å². The van der Waals surface area contributed by atoms with Crippen LogP contribution >= 0.6 is 0 Å².